The van der Waals surface area contributed by atoms with Crippen molar-refractivity contribution >= 4 is 19.8 Å². The minimum Gasteiger partial charge on any atom is -0.462 e. The van der Waals surface area contributed by atoms with E-state index in [4.69, 9.17) is 18.5 Å². The third kappa shape index (κ3) is 28.6. The van der Waals surface area contributed by atoms with Crippen molar-refractivity contribution in [2.24, 2.45) is 0 Å². The Morgan fingerprint density at radius 2 is 1.27 bits per heavy atom. The van der Waals surface area contributed by atoms with Crippen LogP contribution in [0.2, 0.25) is 0 Å². The molecule has 10 heteroatoms. The van der Waals surface area contributed by atoms with Crippen molar-refractivity contribution in [3.8, 4) is 0 Å². The number of phosphoric acid groups is 1. The summed E-state index contributed by atoms with van der Waals surface area (Å²) in [6.07, 6.45) is 20.0. The van der Waals surface area contributed by atoms with Gasteiger partial charge in [0.05, 0.1) is 27.7 Å². The molecule has 0 aliphatic heterocycles. The van der Waals surface area contributed by atoms with Gasteiger partial charge in [-0.3, -0.25) is 18.6 Å². The van der Waals surface area contributed by atoms with Crippen LogP contribution in [-0.4, -0.2) is 74.9 Å². The largest absolute Gasteiger partial charge is 0.472 e. The average Bonchev–Trinajstić information content (AvgIpc) is 2.90. The Hall–Kier alpha value is -1.25. The van der Waals surface area contributed by atoms with Crippen LogP contribution in [0.3, 0.4) is 0 Å². The predicted molar refractivity (Wildman–Crippen MR) is 164 cm³/mol. The van der Waals surface area contributed by atoms with E-state index in [2.05, 4.69) is 26.0 Å². The zero-order chi connectivity index (χ0) is 30.8. The van der Waals surface area contributed by atoms with Crippen LogP contribution in [-0.2, 0) is 32.7 Å². The van der Waals surface area contributed by atoms with Gasteiger partial charge in [-0.1, -0.05) is 90.2 Å². The number of hydrogen-bond donors (Lipinski definition) is 1. The van der Waals surface area contributed by atoms with E-state index in [1.165, 1.54) is 25.7 Å². The van der Waals surface area contributed by atoms with E-state index in [0.29, 0.717) is 17.4 Å². The number of nitrogens with zero attached hydrogens (tertiary/aromatic N) is 1. The number of hydrogen-bond acceptors (Lipinski definition) is 7. The zero-order valence-electron chi connectivity index (χ0n) is 26.8. The fourth-order valence-electron chi connectivity index (χ4n) is 3.93. The molecule has 0 aliphatic carbocycles. The highest BCUT2D eigenvalue weighted by Gasteiger charge is 2.27. The molecule has 0 spiro atoms. The highest BCUT2D eigenvalue weighted by Crippen LogP contribution is 2.43. The van der Waals surface area contributed by atoms with Crippen LogP contribution in [0.15, 0.2) is 12.2 Å². The minimum atomic E-state index is -4.35. The van der Waals surface area contributed by atoms with Crippen molar-refractivity contribution in [3.63, 3.8) is 0 Å². The summed E-state index contributed by atoms with van der Waals surface area (Å²) in [5, 5.41) is 0. The number of phosphoric ester groups is 1. The van der Waals surface area contributed by atoms with Crippen molar-refractivity contribution in [2.75, 3.05) is 47.5 Å². The summed E-state index contributed by atoms with van der Waals surface area (Å²) in [4.78, 5) is 34.7. The lowest BCUT2D eigenvalue weighted by Crippen LogP contribution is -2.37. The van der Waals surface area contributed by atoms with E-state index in [1.54, 1.807) is 0 Å². The number of likely N-dealkylation sites (N-methyl/N-ethyl adjacent to an activating group) is 1. The molecule has 1 unspecified atom stereocenters. The molecule has 2 atom stereocenters. The first-order valence-electron chi connectivity index (χ1n) is 15.9. The Morgan fingerprint density at radius 1 is 0.732 bits per heavy atom. The second-order valence-electron chi connectivity index (χ2n) is 11.8. The Labute approximate surface area is 250 Å². The summed E-state index contributed by atoms with van der Waals surface area (Å²) >= 11 is 0. The summed E-state index contributed by atoms with van der Waals surface area (Å²) in [6, 6.07) is 0. The number of ether oxygens (including phenoxy) is 2. The number of rotatable bonds is 28. The quantitative estimate of drug-likeness (QED) is 0.0321. The van der Waals surface area contributed by atoms with Crippen molar-refractivity contribution in [1.82, 2.24) is 0 Å². The molecule has 0 aromatic rings. The summed E-state index contributed by atoms with van der Waals surface area (Å²) < 4.78 is 33.8. The van der Waals surface area contributed by atoms with Crippen molar-refractivity contribution in [2.45, 2.75) is 129 Å². The molecule has 242 valence electrons. The Balaban J connectivity index is 4.53. The Bertz CT molecular complexity index is 738. The van der Waals surface area contributed by atoms with E-state index < -0.39 is 26.5 Å². The van der Waals surface area contributed by atoms with Gasteiger partial charge in [-0.15, -0.1) is 0 Å². The number of unbranched alkanes of at least 4 members (excludes halogenated alkanes) is 12. The topological polar surface area (TPSA) is 108 Å². The average molecular weight is 607 g/mol. The maximum absolute atomic E-state index is 12.5. The van der Waals surface area contributed by atoms with Crippen LogP contribution in [0.5, 0.6) is 0 Å². The molecule has 0 aromatic carbocycles. The zero-order valence-corrected chi connectivity index (χ0v) is 27.7. The fourth-order valence-corrected chi connectivity index (χ4v) is 4.67. The second kappa shape index (κ2) is 25.3. The molecule has 0 bridgehead atoms. The van der Waals surface area contributed by atoms with Gasteiger partial charge in [0, 0.05) is 12.8 Å². The highest BCUT2D eigenvalue weighted by molar-refractivity contribution is 7.47. The lowest BCUT2D eigenvalue weighted by atomic mass is 10.1. The first-order chi connectivity index (χ1) is 19.5. The van der Waals surface area contributed by atoms with Crippen LogP contribution in [0.1, 0.15) is 123 Å². The van der Waals surface area contributed by atoms with Gasteiger partial charge >= 0.3 is 19.8 Å². The summed E-state index contributed by atoms with van der Waals surface area (Å²) in [7, 11) is 1.47. The van der Waals surface area contributed by atoms with Crippen LogP contribution in [0.25, 0.3) is 0 Å². The predicted octanol–water partition coefficient (Wildman–Crippen LogP) is 7.51. The van der Waals surface area contributed by atoms with E-state index in [1.807, 2.05) is 21.1 Å². The van der Waals surface area contributed by atoms with Gasteiger partial charge in [-0.05, 0) is 32.1 Å². The van der Waals surface area contributed by atoms with Crippen molar-refractivity contribution < 1.29 is 42.1 Å². The normalized spacial score (nSPS) is 14.2. The molecule has 0 fully saturated rings. The molecule has 0 heterocycles. The molecule has 0 rings (SSSR count). The van der Waals surface area contributed by atoms with Gasteiger partial charge < -0.3 is 18.9 Å². The van der Waals surface area contributed by atoms with Gasteiger partial charge in [0.1, 0.15) is 19.8 Å². The smallest absolute Gasteiger partial charge is 0.462 e. The van der Waals surface area contributed by atoms with E-state index in [-0.39, 0.29) is 32.0 Å². The summed E-state index contributed by atoms with van der Waals surface area (Å²) in [5.41, 5.74) is 0. The third-order valence-electron chi connectivity index (χ3n) is 6.55. The lowest BCUT2D eigenvalue weighted by Gasteiger charge is -2.24. The van der Waals surface area contributed by atoms with Gasteiger partial charge in [0.25, 0.3) is 0 Å². The molecule has 0 saturated heterocycles. The van der Waals surface area contributed by atoms with E-state index in [9.17, 15) is 19.0 Å². The van der Waals surface area contributed by atoms with Crippen molar-refractivity contribution in [3.05, 3.63) is 12.2 Å². The monoisotopic (exact) mass is 606 g/mol. The molecule has 41 heavy (non-hydrogen) atoms. The summed E-state index contributed by atoms with van der Waals surface area (Å²) in [5.74, 6) is -0.823. The maximum atomic E-state index is 12.5. The molecule has 0 saturated carbocycles. The SMILES string of the molecule is CCCC/C=C\CCCCCCCC(=O)O[C@@H](COC(=O)CCCCCCCC)COP(=O)(O)OCC[N+](C)(C)C. The van der Waals surface area contributed by atoms with Crippen LogP contribution in [0.4, 0.5) is 0 Å². The Kier molecular flexibility index (Phi) is 24.5. The van der Waals surface area contributed by atoms with E-state index >= 15 is 0 Å². The number of carbonyl (C=O) groups excluding carboxylic acids is 2. The number of carbonyl (C=O) groups is 2. The fraction of sp³-hybridized carbons (Fsp3) is 0.871. The molecular formula is C31H61NO8P+. The van der Waals surface area contributed by atoms with Gasteiger partial charge in [0.15, 0.2) is 6.10 Å². The first-order valence-corrected chi connectivity index (χ1v) is 17.4. The van der Waals surface area contributed by atoms with Crippen LogP contribution < -0.4 is 0 Å². The second-order valence-corrected chi connectivity index (χ2v) is 13.3. The van der Waals surface area contributed by atoms with Gasteiger partial charge in [0.2, 0.25) is 0 Å². The van der Waals surface area contributed by atoms with Crippen LogP contribution >= 0.6 is 7.82 Å². The lowest BCUT2D eigenvalue weighted by molar-refractivity contribution is -0.870. The van der Waals surface area contributed by atoms with Crippen LogP contribution in [0, 0.1) is 0 Å². The summed E-state index contributed by atoms with van der Waals surface area (Å²) in [6.45, 7) is 4.27. The molecule has 0 aromatic heterocycles. The third-order valence-corrected chi connectivity index (χ3v) is 7.53. The molecule has 0 radical (unpaired) electrons. The molecule has 0 aliphatic rings. The first kappa shape index (κ1) is 39.8. The number of quaternary nitrogens is 1. The van der Waals surface area contributed by atoms with Gasteiger partial charge in [-0.25, -0.2) is 4.57 Å². The Morgan fingerprint density at radius 3 is 1.88 bits per heavy atom. The maximum Gasteiger partial charge on any atom is 0.472 e. The van der Waals surface area contributed by atoms with Crippen molar-refractivity contribution in [1.29, 1.82) is 0 Å². The molecule has 9 nitrogen and oxygen atoms in total. The molecular weight excluding hydrogens is 545 g/mol. The minimum absolute atomic E-state index is 0.0319. The molecule has 1 N–H and O–H groups in total. The standard InChI is InChI=1S/C31H60NO8P/c1-6-8-10-12-14-15-16-17-18-20-22-24-31(34)40-29(27-37-30(33)23-21-19-13-11-9-7-2)28-39-41(35,36)38-26-25-32(3,4)5/h12,14,29H,6-11,13,15-28H2,1-5H3/p+1/b14-12-/t29-/m0/s1. The van der Waals surface area contributed by atoms with Gasteiger partial charge in [-0.2, -0.15) is 0 Å². The van der Waals surface area contributed by atoms with E-state index in [0.717, 1.165) is 64.2 Å². The number of allylic oxidation sites excluding steroid dienone is 2. The molecule has 0 amide bonds. The highest BCUT2D eigenvalue weighted by atomic mass is 31.2. The number of esters is 2.